The maximum Gasteiger partial charge on any atom is 0.118 e. The predicted octanol–water partition coefficient (Wildman–Crippen LogP) is 4.58. The van der Waals surface area contributed by atoms with Crippen molar-refractivity contribution < 1.29 is 5.11 Å². The van der Waals surface area contributed by atoms with Gasteiger partial charge < -0.3 is 10.4 Å². The molecule has 1 aliphatic carbocycles. The largest absolute Gasteiger partial charge is 0.508 e. The Hall–Kier alpha value is -1.96. The molecule has 0 radical (unpaired) electrons. The quantitative estimate of drug-likeness (QED) is 0.616. The summed E-state index contributed by atoms with van der Waals surface area (Å²) in [7, 11) is 0. The molecular weight excluding hydrogens is 246 g/mol. The third-order valence-corrected chi connectivity index (χ3v) is 4.16. The van der Waals surface area contributed by atoms with Crippen LogP contribution in [-0.2, 0) is 6.42 Å². The van der Waals surface area contributed by atoms with E-state index in [9.17, 15) is 5.11 Å². The second-order valence-corrected chi connectivity index (χ2v) is 5.64. The van der Waals surface area contributed by atoms with Gasteiger partial charge in [0.15, 0.2) is 0 Å². The summed E-state index contributed by atoms with van der Waals surface area (Å²) in [5.74, 6) is 0.358. The third-order valence-electron chi connectivity index (χ3n) is 4.16. The molecule has 0 bridgehead atoms. The van der Waals surface area contributed by atoms with E-state index in [4.69, 9.17) is 0 Å². The van der Waals surface area contributed by atoms with Crippen LogP contribution in [0.5, 0.6) is 5.75 Å². The van der Waals surface area contributed by atoms with Crippen molar-refractivity contribution in [2.75, 3.05) is 5.32 Å². The lowest BCUT2D eigenvalue weighted by atomic mass is 9.99. The zero-order valence-electron chi connectivity index (χ0n) is 11.9. The topological polar surface area (TPSA) is 32.3 Å². The zero-order chi connectivity index (χ0) is 13.9. The Kier molecular flexibility index (Phi) is 3.64. The number of rotatable bonds is 2. The Balaban J connectivity index is 1.88. The second kappa shape index (κ2) is 5.58. The molecule has 0 fully saturated rings. The fourth-order valence-corrected chi connectivity index (χ4v) is 3.02. The monoisotopic (exact) mass is 267 g/mol. The van der Waals surface area contributed by atoms with Crippen LogP contribution in [0.1, 0.15) is 42.0 Å². The van der Waals surface area contributed by atoms with Crippen molar-refractivity contribution in [3.8, 4) is 5.75 Å². The highest BCUT2D eigenvalue weighted by molar-refractivity contribution is 5.52. The lowest BCUT2D eigenvalue weighted by Crippen LogP contribution is -2.11. The maximum atomic E-state index is 9.62. The van der Waals surface area contributed by atoms with E-state index in [0.717, 1.165) is 17.7 Å². The summed E-state index contributed by atoms with van der Waals surface area (Å²) in [5, 5.41) is 13.3. The summed E-state index contributed by atoms with van der Waals surface area (Å²) >= 11 is 0. The molecule has 0 amide bonds. The predicted molar refractivity (Wildman–Crippen MR) is 83.2 cm³/mol. The lowest BCUT2D eigenvalue weighted by Gasteiger charge is -2.21. The SMILES string of the molecule is Cc1cc(NC2CCCCc3ccccc32)ccc1O. The van der Waals surface area contributed by atoms with E-state index in [-0.39, 0.29) is 0 Å². The van der Waals surface area contributed by atoms with Crippen LogP contribution in [0.2, 0.25) is 0 Å². The number of aromatic hydroxyl groups is 1. The first-order valence-corrected chi connectivity index (χ1v) is 7.38. The van der Waals surface area contributed by atoms with Gasteiger partial charge in [-0.1, -0.05) is 30.7 Å². The number of nitrogens with one attached hydrogen (secondary N) is 1. The van der Waals surface area contributed by atoms with Crippen LogP contribution in [0.3, 0.4) is 0 Å². The average molecular weight is 267 g/mol. The number of anilines is 1. The molecule has 1 unspecified atom stereocenters. The zero-order valence-corrected chi connectivity index (χ0v) is 11.9. The Labute approximate surface area is 120 Å². The van der Waals surface area contributed by atoms with Crippen molar-refractivity contribution in [1.29, 1.82) is 0 Å². The minimum atomic E-state index is 0.358. The van der Waals surface area contributed by atoms with Crippen LogP contribution in [-0.4, -0.2) is 5.11 Å². The van der Waals surface area contributed by atoms with E-state index >= 15 is 0 Å². The van der Waals surface area contributed by atoms with Crippen LogP contribution in [0, 0.1) is 6.92 Å². The number of hydrogen-bond donors (Lipinski definition) is 2. The number of benzene rings is 2. The smallest absolute Gasteiger partial charge is 0.118 e. The molecule has 1 aliphatic rings. The Morgan fingerprint density at radius 3 is 2.80 bits per heavy atom. The summed E-state index contributed by atoms with van der Waals surface area (Å²) in [4.78, 5) is 0. The molecule has 2 N–H and O–H groups in total. The molecule has 0 saturated carbocycles. The van der Waals surface area contributed by atoms with Gasteiger partial charge >= 0.3 is 0 Å². The van der Waals surface area contributed by atoms with Gasteiger partial charge in [-0.3, -0.25) is 0 Å². The Bertz CT molecular complexity index is 606. The molecule has 0 heterocycles. The van der Waals surface area contributed by atoms with Crippen LogP contribution in [0.15, 0.2) is 42.5 Å². The number of aryl methyl sites for hydroxylation is 2. The van der Waals surface area contributed by atoms with Crippen LogP contribution in [0.4, 0.5) is 5.69 Å². The van der Waals surface area contributed by atoms with Gasteiger partial charge in [0.2, 0.25) is 0 Å². The fraction of sp³-hybridized carbons (Fsp3) is 0.333. The Morgan fingerprint density at radius 1 is 1.10 bits per heavy atom. The van der Waals surface area contributed by atoms with Crippen molar-refractivity contribution in [3.63, 3.8) is 0 Å². The molecule has 20 heavy (non-hydrogen) atoms. The summed E-state index contributed by atoms with van der Waals surface area (Å²) in [6, 6.07) is 14.9. The van der Waals surface area contributed by atoms with Crippen molar-refractivity contribution in [1.82, 2.24) is 0 Å². The molecule has 0 saturated heterocycles. The van der Waals surface area contributed by atoms with E-state index in [1.807, 2.05) is 19.1 Å². The maximum absolute atomic E-state index is 9.62. The molecule has 2 aromatic rings. The van der Waals surface area contributed by atoms with E-state index in [1.54, 1.807) is 6.07 Å². The molecule has 0 aromatic heterocycles. The Morgan fingerprint density at radius 2 is 1.95 bits per heavy atom. The van der Waals surface area contributed by atoms with Gasteiger partial charge in [-0.25, -0.2) is 0 Å². The van der Waals surface area contributed by atoms with Crippen LogP contribution < -0.4 is 5.32 Å². The highest BCUT2D eigenvalue weighted by Gasteiger charge is 2.18. The van der Waals surface area contributed by atoms with Gasteiger partial charge in [0.1, 0.15) is 5.75 Å². The van der Waals surface area contributed by atoms with Crippen molar-refractivity contribution in [2.24, 2.45) is 0 Å². The summed E-state index contributed by atoms with van der Waals surface area (Å²) in [6.45, 7) is 1.93. The van der Waals surface area contributed by atoms with E-state index < -0.39 is 0 Å². The first-order valence-electron chi connectivity index (χ1n) is 7.38. The minimum absolute atomic E-state index is 0.358. The number of hydrogen-bond acceptors (Lipinski definition) is 2. The molecule has 2 heteroatoms. The van der Waals surface area contributed by atoms with Crippen molar-refractivity contribution in [3.05, 3.63) is 59.2 Å². The standard InChI is InChI=1S/C18H21NO/c1-13-12-15(10-11-18(13)20)19-17-9-5-3-7-14-6-2-4-8-16(14)17/h2,4,6,8,10-12,17,19-20H,3,5,7,9H2,1H3. The van der Waals surface area contributed by atoms with Crippen LogP contribution >= 0.6 is 0 Å². The van der Waals surface area contributed by atoms with Gasteiger partial charge in [0, 0.05) is 5.69 Å². The first kappa shape index (κ1) is 13.0. The number of fused-ring (bicyclic) bond motifs is 1. The average Bonchev–Trinajstić information content (AvgIpc) is 2.66. The second-order valence-electron chi connectivity index (χ2n) is 5.64. The highest BCUT2D eigenvalue weighted by atomic mass is 16.3. The van der Waals surface area contributed by atoms with E-state index in [1.165, 1.54) is 30.4 Å². The molecular formula is C18H21NO. The van der Waals surface area contributed by atoms with Gasteiger partial charge in [-0.2, -0.15) is 0 Å². The van der Waals surface area contributed by atoms with Gasteiger partial charge in [0.25, 0.3) is 0 Å². The van der Waals surface area contributed by atoms with Crippen molar-refractivity contribution >= 4 is 5.69 Å². The van der Waals surface area contributed by atoms with Crippen LogP contribution in [0.25, 0.3) is 0 Å². The van der Waals surface area contributed by atoms with Crippen molar-refractivity contribution in [2.45, 2.75) is 38.6 Å². The normalized spacial score (nSPS) is 18.1. The van der Waals surface area contributed by atoms with E-state index in [2.05, 4.69) is 29.6 Å². The number of phenols is 1. The molecule has 0 spiro atoms. The summed E-state index contributed by atoms with van der Waals surface area (Å²) in [6.07, 6.45) is 4.87. The lowest BCUT2D eigenvalue weighted by molar-refractivity contribution is 0.471. The molecule has 1 atom stereocenters. The summed E-state index contributed by atoms with van der Waals surface area (Å²) in [5.41, 5.74) is 4.90. The molecule has 2 aromatic carbocycles. The first-order chi connectivity index (χ1) is 9.74. The minimum Gasteiger partial charge on any atom is -0.508 e. The molecule has 104 valence electrons. The molecule has 0 aliphatic heterocycles. The summed E-state index contributed by atoms with van der Waals surface area (Å²) < 4.78 is 0. The highest BCUT2D eigenvalue weighted by Crippen LogP contribution is 2.32. The van der Waals surface area contributed by atoms with Gasteiger partial charge in [0.05, 0.1) is 6.04 Å². The molecule has 3 rings (SSSR count). The fourth-order valence-electron chi connectivity index (χ4n) is 3.02. The van der Waals surface area contributed by atoms with Gasteiger partial charge in [-0.05, 0) is 61.1 Å². The third kappa shape index (κ3) is 2.64. The molecule has 2 nitrogen and oxygen atoms in total. The number of phenolic OH excluding ortho intramolecular Hbond substituents is 1. The van der Waals surface area contributed by atoms with E-state index in [0.29, 0.717) is 11.8 Å². The van der Waals surface area contributed by atoms with Gasteiger partial charge in [-0.15, -0.1) is 0 Å².